The topological polar surface area (TPSA) is 49.0 Å². The van der Waals surface area contributed by atoms with Gasteiger partial charge in [-0.25, -0.2) is 0 Å². The van der Waals surface area contributed by atoms with Crippen molar-refractivity contribution in [2.75, 3.05) is 4.90 Å². The summed E-state index contributed by atoms with van der Waals surface area (Å²) in [6.07, 6.45) is 2.49. The summed E-state index contributed by atoms with van der Waals surface area (Å²) < 4.78 is 25.8. The van der Waals surface area contributed by atoms with Gasteiger partial charge in [-0.15, -0.1) is 0 Å². The van der Waals surface area contributed by atoms with Crippen LogP contribution in [-0.2, 0) is 0 Å². The second kappa shape index (κ2) is 4.73. The molecule has 0 aliphatic carbocycles. The fourth-order valence-corrected chi connectivity index (χ4v) is 1.41. The van der Waals surface area contributed by atoms with Crippen LogP contribution in [0.1, 0.15) is 10.4 Å². The first-order valence-electron chi connectivity index (χ1n) is 4.85. The minimum absolute atomic E-state index is 0.0918. The molecule has 0 aliphatic rings. The number of halogens is 2. The number of carbonyl (C=O) groups is 1. The zero-order valence-corrected chi connectivity index (χ0v) is 8.68. The first-order valence-corrected chi connectivity index (χ1v) is 4.85. The number of para-hydroxylation sites is 1. The van der Waals surface area contributed by atoms with Crippen molar-refractivity contribution in [1.82, 2.24) is 10.2 Å². The van der Waals surface area contributed by atoms with E-state index in [1.54, 1.807) is 18.2 Å². The number of nitrogens with one attached hydrogen (secondary N) is 1. The van der Waals surface area contributed by atoms with Crippen molar-refractivity contribution in [3.63, 3.8) is 0 Å². The number of H-pyrrole nitrogens is 1. The van der Waals surface area contributed by atoms with Gasteiger partial charge < -0.3 is 0 Å². The van der Waals surface area contributed by atoms with E-state index >= 15 is 0 Å². The quantitative estimate of drug-likeness (QED) is 0.832. The van der Waals surface area contributed by atoms with Crippen molar-refractivity contribution in [2.24, 2.45) is 0 Å². The number of rotatable bonds is 3. The van der Waals surface area contributed by atoms with Gasteiger partial charge in [0.25, 0.3) is 5.91 Å². The van der Waals surface area contributed by atoms with Crippen LogP contribution in [0, 0.1) is 0 Å². The molecular formula is C11H9F2N3O. The van der Waals surface area contributed by atoms with Crippen LogP contribution in [0.4, 0.5) is 14.5 Å². The van der Waals surface area contributed by atoms with Crippen molar-refractivity contribution in [3.05, 3.63) is 48.3 Å². The Morgan fingerprint density at radius 1 is 1.29 bits per heavy atom. The number of benzene rings is 1. The van der Waals surface area contributed by atoms with Crippen molar-refractivity contribution in [1.29, 1.82) is 0 Å². The van der Waals surface area contributed by atoms with Gasteiger partial charge in [-0.05, 0) is 12.1 Å². The Bertz CT molecular complexity index is 485. The van der Waals surface area contributed by atoms with Crippen LogP contribution >= 0.6 is 0 Å². The van der Waals surface area contributed by atoms with Gasteiger partial charge in [0.1, 0.15) is 0 Å². The summed E-state index contributed by atoms with van der Waals surface area (Å²) in [6, 6.07) is 7.77. The first-order chi connectivity index (χ1) is 8.20. The number of aromatic amines is 1. The van der Waals surface area contributed by atoms with Gasteiger partial charge in [0.05, 0.1) is 11.8 Å². The maximum absolute atomic E-state index is 12.9. The van der Waals surface area contributed by atoms with Crippen molar-refractivity contribution in [2.45, 2.75) is 6.55 Å². The smallest absolute Gasteiger partial charge is 0.285 e. The number of carbonyl (C=O) groups excluding carboxylic acids is 1. The second-order valence-electron chi connectivity index (χ2n) is 3.28. The monoisotopic (exact) mass is 237 g/mol. The lowest BCUT2D eigenvalue weighted by molar-refractivity contribution is 0.0839. The molecule has 1 amide bonds. The third kappa shape index (κ3) is 2.30. The fourth-order valence-electron chi connectivity index (χ4n) is 1.41. The number of amides is 1. The van der Waals surface area contributed by atoms with Crippen LogP contribution in [0.2, 0.25) is 0 Å². The minimum Gasteiger partial charge on any atom is -0.285 e. The molecule has 17 heavy (non-hydrogen) atoms. The number of alkyl halides is 2. The summed E-state index contributed by atoms with van der Waals surface area (Å²) in [4.78, 5) is 12.3. The van der Waals surface area contributed by atoms with Gasteiger partial charge in [-0.1, -0.05) is 18.2 Å². The lowest BCUT2D eigenvalue weighted by Crippen LogP contribution is -2.35. The number of hydrogen-bond donors (Lipinski definition) is 1. The third-order valence-corrected chi connectivity index (χ3v) is 2.19. The van der Waals surface area contributed by atoms with Gasteiger partial charge in [0, 0.05) is 11.9 Å². The predicted molar refractivity (Wildman–Crippen MR) is 57.8 cm³/mol. The maximum Gasteiger partial charge on any atom is 0.321 e. The molecule has 0 radical (unpaired) electrons. The number of aromatic nitrogens is 2. The maximum atomic E-state index is 12.9. The lowest BCUT2D eigenvalue weighted by atomic mass is 10.2. The molecule has 0 saturated carbocycles. The van der Waals surface area contributed by atoms with Crippen molar-refractivity contribution >= 4 is 11.6 Å². The summed E-state index contributed by atoms with van der Waals surface area (Å²) >= 11 is 0. The van der Waals surface area contributed by atoms with E-state index in [1.165, 1.54) is 24.5 Å². The first kappa shape index (κ1) is 11.3. The summed E-state index contributed by atoms with van der Waals surface area (Å²) in [5, 5.41) is 5.97. The third-order valence-electron chi connectivity index (χ3n) is 2.19. The SMILES string of the molecule is O=C(c1cn[nH]c1)N(c1ccccc1)C(F)F. The van der Waals surface area contributed by atoms with Crippen LogP contribution in [0.3, 0.4) is 0 Å². The minimum atomic E-state index is -2.90. The molecule has 2 aromatic rings. The predicted octanol–water partition coefficient (Wildman–Crippen LogP) is 2.28. The molecule has 2 rings (SSSR count). The van der Waals surface area contributed by atoms with E-state index in [0.29, 0.717) is 4.90 Å². The standard InChI is InChI=1S/C11H9F2N3O/c12-11(13)16(9-4-2-1-3-5-9)10(17)8-6-14-15-7-8/h1-7,11H,(H,14,15). The van der Waals surface area contributed by atoms with E-state index in [2.05, 4.69) is 10.2 Å². The van der Waals surface area contributed by atoms with Gasteiger partial charge in [0.15, 0.2) is 0 Å². The largest absolute Gasteiger partial charge is 0.321 e. The Kier molecular flexibility index (Phi) is 3.13. The van der Waals surface area contributed by atoms with E-state index in [4.69, 9.17) is 0 Å². The van der Waals surface area contributed by atoms with Crippen LogP contribution < -0.4 is 4.90 Å². The Morgan fingerprint density at radius 2 is 2.00 bits per heavy atom. The van der Waals surface area contributed by atoms with Gasteiger partial charge >= 0.3 is 6.55 Å². The molecule has 0 fully saturated rings. The molecule has 1 N–H and O–H groups in total. The van der Waals surface area contributed by atoms with E-state index in [1.807, 2.05) is 0 Å². The molecule has 0 aliphatic heterocycles. The Labute approximate surface area is 95.9 Å². The molecule has 88 valence electrons. The normalized spacial score (nSPS) is 10.5. The summed E-state index contributed by atoms with van der Waals surface area (Å²) in [6.45, 7) is -2.90. The molecule has 1 aromatic heterocycles. The average molecular weight is 237 g/mol. The number of hydrogen-bond acceptors (Lipinski definition) is 2. The van der Waals surface area contributed by atoms with Crippen molar-refractivity contribution in [3.8, 4) is 0 Å². The van der Waals surface area contributed by atoms with E-state index < -0.39 is 12.5 Å². The van der Waals surface area contributed by atoms with Crippen LogP contribution in [0.25, 0.3) is 0 Å². The molecule has 4 nitrogen and oxygen atoms in total. The van der Waals surface area contributed by atoms with E-state index in [9.17, 15) is 13.6 Å². The second-order valence-corrected chi connectivity index (χ2v) is 3.28. The Balaban J connectivity index is 2.34. The highest BCUT2D eigenvalue weighted by Crippen LogP contribution is 2.20. The molecule has 0 saturated heterocycles. The van der Waals surface area contributed by atoms with Crippen molar-refractivity contribution < 1.29 is 13.6 Å². The molecule has 1 aromatic carbocycles. The Morgan fingerprint density at radius 3 is 2.53 bits per heavy atom. The highest BCUT2D eigenvalue weighted by molar-refractivity contribution is 6.05. The molecule has 0 spiro atoms. The van der Waals surface area contributed by atoms with E-state index in [0.717, 1.165) is 0 Å². The number of anilines is 1. The molecule has 6 heteroatoms. The summed E-state index contributed by atoms with van der Waals surface area (Å²) in [5.74, 6) is -0.792. The van der Waals surface area contributed by atoms with Crippen LogP contribution in [0.5, 0.6) is 0 Å². The van der Waals surface area contributed by atoms with Crippen LogP contribution in [-0.4, -0.2) is 22.7 Å². The summed E-state index contributed by atoms with van der Waals surface area (Å²) in [5.41, 5.74) is 0.239. The van der Waals surface area contributed by atoms with Gasteiger partial charge in [-0.3, -0.25) is 14.8 Å². The Hall–Kier alpha value is -2.24. The molecule has 0 unspecified atom stereocenters. The molecule has 0 atom stereocenters. The van der Waals surface area contributed by atoms with E-state index in [-0.39, 0.29) is 11.3 Å². The lowest BCUT2D eigenvalue weighted by Gasteiger charge is -2.20. The van der Waals surface area contributed by atoms with Gasteiger partial charge in [-0.2, -0.15) is 13.9 Å². The zero-order valence-electron chi connectivity index (χ0n) is 8.68. The molecule has 1 heterocycles. The zero-order chi connectivity index (χ0) is 12.3. The summed E-state index contributed by atoms with van der Waals surface area (Å²) in [7, 11) is 0. The highest BCUT2D eigenvalue weighted by atomic mass is 19.3. The molecular weight excluding hydrogens is 228 g/mol. The van der Waals surface area contributed by atoms with Gasteiger partial charge in [0.2, 0.25) is 0 Å². The fraction of sp³-hybridized carbons (Fsp3) is 0.0909. The molecule has 0 bridgehead atoms. The van der Waals surface area contributed by atoms with Crippen LogP contribution in [0.15, 0.2) is 42.7 Å². The highest BCUT2D eigenvalue weighted by Gasteiger charge is 2.26. The average Bonchev–Trinajstić information content (AvgIpc) is 2.83. The number of nitrogens with zero attached hydrogens (tertiary/aromatic N) is 2.